The van der Waals surface area contributed by atoms with Crippen LogP contribution in [0.5, 0.6) is 0 Å². The fourth-order valence-electron chi connectivity index (χ4n) is 1.00. The Bertz CT molecular complexity index is 524. The lowest BCUT2D eigenvalue weighted by atomic mass is 10.1. The lowest BCUT2D eigenvalue weighted by Crippen LogP contribution is -1.95. The van der Waals surface area contributed by atoms with Gasteiger partial charge in [0.05, 0.1) is 10.5 Å². The summed E-state index contributed by atoms with van der Waals surface area (Å²) in [5.41, 5.74) is -0.308. The monoisotopic (exact) mass is 219 g/mol. The molecule has 16 heavy (non-hydrogen) atoms. The number of carbonyl (C=O) groups is 2. The maximum Gasteiger partial charge on any atom is 0.382 e. The second-order valence-corrected chi connectivity index (χ2v) is 2.70. The Morgan fingerprint density at radius 3 is 2.69 bits per heavy atom. The normalized spacial score (nSPS) is 8.75. The molecule has 0 saturated heterocycles. The molecule has 0 bridgehead atoms. The van der Waals surface area contributed by atoms with E-state index in [9.17, 15) is 19.7 Å². The van der Waals surface area contributed by atoms with Crippen LogP contribution in [-0.2, 0) is 4.79 Å². The maximum atomic E-state index is 10.6. The van der Waals surface area contributed by atoms with Crippen molar-refractivity contribution >= 4 is 17.9 Å². The molecule has 1 aromatic rings. The van der Waals surface area contributed by atoms with E-state index in [4.69, 9.17) is 5.11 Å². The van der Waals surface area contributed by atoms with Crippen LogP contribution in [0.15, 0.2) is 18.2 Å². The minimum absolute atomic E-state index is 0.0779. The van der Waals surface area contributed by atoms with Crippen molar-refractivity contribution in [1.82, 2.24) is 0 Å². The third kappa shape index (κ3) is 2.65. The van der Waals surface area contributed by atoms with Crippen molar-refractivity contribution in [3.63, 3.8) is 0 Å². The summed E-state index contributed by atoms with van der Waals surface area (Å²) >= 11 is 0. The zero-order valence-corrected chi connectivity index (χ0v) is 7.84. The van der Waals surface area contributed by atoms with Crippen molar-refractivity contribution in [3.05, 3.63) is 39.4 Å². The molecule has 0 fully saturated rings. The van der Waals surface area contributed by atoms with Crippen LogP contribution in [0.1, 0.15) is 15.9 Å². The van der Waals surface area contributed by atoms with Gasteiger partial charge in [-0.15, -0.1) is 0 Å². The number of nitro benzene ring substituents is 1. The van der Waals surface area contributed by atoms with Crippen LogP contribution in [0.4, 0.5) is 5.69 Å². The van der Waals surface area contributed by atoms with Gasteiger partial charge in [0.25, 0.3) is 5.69 Å². The first-order valence-electron chi connectivity index (χ1n) is 4.03. The Morgan fingerprint density at radius 1 is 1.50 bits per heavy atom. The molecule has 0 heterocycles. The molecule has 6 heteroatoms. The molecule has 1 rings (SSSR count). The molecule has 0 amide bonds. The van der Waals surface area contributed by atoms with E-state index >= 15 is 0 Å². The van der Waals surface area contributed by atoms with Gasteiger partial charge in [0, 0.05) is 17.6 Å². The third-order valence-electron chi connectivity index (χ3n) is 1.67. The third-order valence-corrected chi connectivity index (χ3v) is 1.67. The molecule has 1 N–H and O–H groups in total. The summed E-state index contributed by atoms with van der Waals surface area (Å²) in [6.45, 7) is 0. The maximum absolute atomic E-state index is 10.6. The van der Waals surface area contributed by atoms with Gasteiger partial charge >= 0.3 is 5.97 Å². The van der Waals surface area contributed by atoms with E-state index in [2.05, 4.69) is 5.92 Å². The summed E-state index contributed by atoms with van der Waals surface area (Å²) in [4.78, 5) is 30.5. The Morgan fingerprint density at radius 2 is 2.19 bits per heavy atom. The molecule has 0 aliphatic rings. The van der Waals surface area contributed by atoms with Gasteiger partial charge in [-0.3, -0.25) is 14.9 Å². The fourth-order valence-corrected chi connectivity index (χ4v) is 1.00. The first-order chi connectivity index (χ1) is 7.54. The zero-order chi connectivity index (χ0) is 12.1. The number of aldehydes is 1. The highest BCUT2D eigenvalue weighted by atomic mass is 16.6. The van der Waals surface area contributed by atoms with Crippen molar-refractivity contribution < 1.29 is 19.6 Å². The molecule has 0 unspecified atom stereocenters. The minimum Gasteiger partial charge on any atom is -0.472 e. The molecular weight excluding hydrogens is 214 g/mol. The number of carboxylic acid groups (broad SMARTS) is 1. The standard InChI is InChI=1S/C10H5NO5/c12-6-8-3-1-7(2-4-10(13)14)5-9(8)11(15)16/h1,3,5-6H,(H,13,14). The molecule has 0 radical (unpaired) electrons. The van der Waals surface area contributed by atoms with Gasteiger partial charge in [0.1, 0.15) is 0 Å². The van der Waals surface area contributed by atoms with E-state index in [1.165, 1.54) is 12.1 Å². The second-order valence-electron chi connectivity index (χ2n) is 2.70. The molecule has 6 nitrogen and oxygen atoms in total. The molecule has 1 aromatic carbocycles. The molecule has 0 spiro atoms. The number of benzene rings is 1. The van der Waals surface area contributed by atoms with Crippen LogP contribution in [0, 0.1) is 22.0 Å². The Labute approximate surface area is 89.7 Å². The Kier molecular flexibility index (Phi) is 3.35. The molecule has 0 aliphatic carbocycles. The lowest BCUT2D eigenvalue weighted by molar-refractivity contribution is -0.385. The zero-order valence-electron chi connectivity index (χ0n) is 7.84. The minimum atomic E-state index is -1.33. The summed E-state index contributed by atoms with van der Waals surface area (Å²) in [5.74, 6) is 2.71. The predicted molar refractivity (Wildman–Crippen MR) is 53.0 cm³/mol. The number of hydrogen-bond donors (Lipinski definition) is 1. The van der Waals surface area contributed by atoms with Crippen molar-refractivity contribution in [2.75, 3.05) is 0 Å². The van der Waals surface area contributed by atoms with Crippen LogP contribution < -0.4 is 0 Å². The van der Waals surface area contributed by atoms with E-state index in [-0.39, 0.29) is 11.1 Å². The van der Waals surface area contributed by atoms with Gasteiger partial charge in [0.15, 0.2) is 6.29 Å². The number of hydrogen-bond acceptors (Lipinski definition) is 4. The SMILES string of the molecule is O=Cc1ccc(C#CC(=O)O)cc1[N+](=O)[O-]. The lowest BCUT2D eigenvalue weighted by Gasteiger charge is -1.95. The van der Waals surface area contributed by atoms with Crippen LogP contribution >= 0.6 is 0 Å². The van der Waals surface area contributed by atoms with Crippen molar-refractivity contribution in [2.45, 2.75) is 0 Å². The van der Waals surface area contributed by atoms with Crippen molar-refractivity contribution in [2.24, 2.45) is 0 Å². The summed E-state index contributed by atoms with van der Waals surface area (Å²) in [6, 6.07) is 3.61. The van der Waals surface area contributed by atoms with Gasteiger partial charge in [-0.2, -0.15) is 0 Å². The van der Waals surface area contributed by atoms with Gasteiger partial charge in [-0.1, -0.05) is 5.92 Å². The number of carbonyl (C=O) groups excluding carboxylic acids is 1. The van der Waals surface area contributed by atoms with Crippen molar-refractivity contribution in [1.29, 1.82) is 0 Å². The van der Waals surface area contributed by atoms with E-state index < -0.39 is 16.6 Å². The topological polar surface area (TPSA) is 97.5 Å². The fraction of sp³-hybridized carbons (Fsp3) is 0. The van der Waals surface area contributed by atoms with Gasteiger partial charge in [0.2, 0.25) is 0 Å². The second kappa shape index (κ2) is 4.70. The number of nitrogens with zero attached hydrogens (tertiary/aromatic N) is 1. The highest BCUT2D eigenvalue weighted by Gasteiger charge is 2.12. The molecule has 0 atom stereocenters. The molecular formula is C10H5NO5. The number of aliphatic carboxylic acids is 1. The largest absolute Gasteiger partial charge is 0.472 e. The van der Waals surface area contributed by atoms with Gasteiger partial charge in [-0.25, -0.2) is 4.79 Å². The van der Waals surface area contributed by atoms with Gasteiger partial charge < -0.3 is 5.11 Å². The summed E-state index contributed by atoms with van der Waals surface area (Å²) in [5, 5.41) is 18.8. The average Bonchev–Trinajstić information content (AvgIpc) is 2.25. The highest BCUT2D eigenvalue weighted by Crippen LogP contribution is 2.17. The van der Waals surface area contributed by atoms with E-state index in [0.29, 0.717) is 6.29 Å². The Hall–Kier alpha value is -2.68. The predicted octanol–water partition coefficient (Wildman–Crippen LogP) is 0.843. The highest BCUT2D eigenvalue weighted by molar-refractivity contribution is 5.87. The first-order valence-corrected chi connectivity index (χ1v) is 4.03. The van der Waals surface area contributed by atoms with Crippen LogP contribution in [-0.4, -0.2) is 22.3 Å². The summed E-state index contributed by atoms with van der Waals surface area (Å²) in [7, 11) is 0. The van der Waals surface area contributed by atoms with Crippen LogP contribution in [0.3, 0.4) is 0 Å². The molecule has 0 saturated carbocycles. The summed E-state index contributed by atoms with van der Waals surface area (Å²) in [6.07, 6.45) is 0.354. The number of nitro groups is 1. The van der Waals surface area contributed by atoms with E-state index in [1.807, 2.05) is 5.92 Å². The molecule has 80 valence electrons. The van der Waals surface area contributed by atoms with Gasteiger partial charge in [-0.05, 0) is 12.1 Å². The average molecular weight is 219 g/mol. The molecule has 0 aliphatic heterocycles. The number of rotatable bonds is 2. The van der Waals surface area contributed by atoms with Crippen LogP contribution in [0.25, 0.3) is 0 Å². The van der Waals surface area contributed by atoms with E-state index in [1.54, 1.807) is 0 Å². The molecule has 0 aromatic heterocycles. The smallest absolute Gasteiger partial charge is 0.382 e. The quantitative estimate of drug-likeness (QED) is 0.344. The summed E-state index contributed by atoms with van der Waals surface area (Å²) < 4.78 is 0. The first kappa shape index (κ1) is 11.4. The Balaban J connectivity index is 3.23. The van der Waals surface area contributed by atoms with Crippen LogP contribution in [0.2, 0.25) is 0 Å². The number of carboxylic acids is 1. The van der Waals surface area contributed by atoms with Crippen molar-refractivity contribution in [3.8, 4) is 11.8 Å². The van der Waals surface area contributed by atoms with E-state index in [0.717, 1.165) is 6.07 Å².